The second-order valence-electron chi connectivity index (χ2n) is 4.83. The van der Waals surface area contributed by atoms with Crippen molar-refractivity contribution in [2.75, 3.05) is 13.1 Å². The molecule has 1 saturated heterocycles. The van der Waals surface area contributed by atoms with Crippen LogP contribution in [0.2, 0.25) is 0 Å². The van der Waals surface area contributed by atoms with E-state index in [0.29, 0.717) is 12.3 Å². The van der Waals surface area contributed by atoms with Gasteiger partial charge in [-0.05, 0) is 59.4 Å². The molecule has 0 saturated carbocycles. The molecular formula is C13H17BrN2O2. The molecule has 0 aromatic carbocycles. The predicted molar refractivity (Wildman–Crippen MR) is 72.2 cm³/mol. The third-order valence-electron chi connectivity index (χ3n) is 3.34. The molecule has 4 nitrogen and oxygen atoms in total. The molecule has 2 heterocycles. The maximum absolute atomic E-state index is 10.7. The molecule has 0 bridgehead atoms. The number of nitrogens with zero attached hydrogens (tertiary/aromatic N) is 2. The third-order valence-corrected chi connectivity index (χ3v) is 3.77. The normalized spacial score (nSPS) is 17.8. The minimum atomic E-state index is -0.676. The van der Waals surface area contributed by atoms with E-state index in [2.05, 4.69) is 31.9 Å². The highest BCUT2D eigenvalue weighted by molar-refractivity contribution is 9.10. The smallest absolute Gasteiger partial charge is 0.303 e. The van der Waals surface area contributed by atoms with E-state index in [1.54, 1.807) is 6.20 Å². The molecule has 0 amide bonds. The number of rotatable bonds is 4. The summed E-state index contributed by atoms with van der Waals surface area (Å²) in [6, 6.07) is 2.08. The summed E-state index contributed by atoms with van der Waals surface area (Å²) in [5.74, 6) is -0.330. The quantitative estimate of drug-likeness (QED) is 0.928. The number of aromatic nitrogens is 1. The molecule has 0 spiro atoms. The van der Waals surface area contributed by atoms with Crippen LogP contribution < -0.4 is 0 Å². The van der Waals surface area contributed by atoms with Gasteiger partial charge in [-0.25, -0.2) is 0 Å². The van der Waals surface area contributed by atoms with Crippen molar-refractivity contribution >= 4 is 21.9 Å². The summed E-state index contributed by atoms with van der Waals surface area (Å²) in [7, 11) is 0. The van der Waals surface area contributed by atoms with Crippen LogP contribution in [0.1, 0.15) is 24.8 Å². The number of piperidine rings is 1. The lowest BCUT2D eigenvalue weighted by Crippen LogP contribution is -2.33. The summed E-state index contributed by atoms with van der Waals surface area (Å²) in [5.41, 5.74) is 1.20. The maximum Gasteiger partial charge on any atom is 0.303 e. The number of aliphatic carboxylic acids is 1. The van der Waals surface area contributed by atoms with E-state index >= 15 is 0 Å². The predicted octanol–water partition coefficient (Wildman–Crippen LogP) is 2.53. The van der Waals surface area contributed by atoms with Gasteiger partial charge in [0.2, 0.25) is 0 Å². The Hall–Kier alpha value is -0.940. The van der Waals surface area contributed by atoms with Crippen LogP contribution in [0.3, 0.4) is 0 Å². The number of pyridine rings is 1. The van der Waals surface area contributed by atoms with Crippen molar-refractivity contribution in [3.8, 4) is 0 Å². The first kappa shape index (κ1) is 13.5. The molecule has 18 heavy (non-hydrogen) atoms. The second kappa shape index (κ2) is 6.29. The van der Waals surface area contributed by atoms with Crippen molar-refractivity contribution in [1.82, 2.24) is 9.88 Å². The van der Waals surface area contributed by atoms with Crippen molar-refractivity contribution in [2.45, 2.75) is 25.8 Å². The van der Waals surface area contributed by atoms with E-state index in [9.17, 15) is 4.79 Å². The molecule has 5 heteroatoms. The van der Waals surface area contributed by atoms with Gasteiger partial charge in [0.15, 0.2) is 0 Å². The molecule has 98 valence electrons. The number of hydrogen-bond donors (Lipinski definition) is 1. The molecule has 1 N–H and O–H groups in total. The number of carboxylic acid groups (broad SMARTS) is 1. The average Bonchev–Trinajstić information content (AvgIpc) is 2.31. The van der Waals surface area contributed by atoms with Gasteiger partial charge >= 0.3 is 5.97 Å². The van der Waals surface area contributed by atoms with Crippen LogP contribution >= 0.6 is 15.9 Å². The SMILES string of the molecule is O=C(O)CC1CCN(Cc2cncc(Br)c2)CC1. The first-order valence-corrected chi connectivity index (χ1v) is 6.96. The zero-order valence-corrected chi connectivity index (χ0v) is 11.8. The topological polar surface area (TPSA) is 53.4 Å². The first-order chi connectivity index (χ1) is 8.63. The monoisotopic (exact) mass is 312 g/mol. The minimum absolute atomic E-state index is 0.312. The van der Waals surface area contributed by atoms with Crippen molar-refractivity contribution in [3.05, 3.63) is 28.5 Å². The molecule has 1 aliphatic heterocycles. The Morgan fingerprint density at radius 2 is 2.17 bits per heavy atom. The van der Waals surface area contributed by atoms with E-state index in [0.717, 1.165) is 36.9 Å². The van der Waals surface area contributed by atoms with Crippen molar-refractivity contribution < 1.29 is 9.90 Å². The zero-order chi connectivity index (χ0) is 13.0. The first-order valence-electron chi connectivity index (χ1n) is 6.17. The van der Waals surface area contributed by atoms with E-state index in [1.807, 2.05) is 6.20 Å². The summed E-state index contributed by atoms with van der Waals surface area (Å²) in [6.07, 6.45) is 5.93. The Morgan fingerprint density at radius 3 is 2.78 bits per heavy atom. The molecule has 2 rings (SSSR count). The van der Waals surface area contributed by atoms with Crippen molar-refractivity contribution in [1.29, 1.82) is 0 Å². The van der Waals surface area contributed by atoms with E-state index in [1.165, 1.54) is 5.56 Å². The number of carboxylic acids is 1. The highest BCUT2D eigenvalue weighted by Crippen LogP contribution is 2.22. The largest absolute Gasteiger partial charge is 0.481 e. The van der Waals surface area contributed by atoms with Gasteiger partial charge in [0.05, 0.1) is 0 Å². The van der Waals surface area contributed by atoms with Crippen LogP contribution in [0, 0.1) is 5.92 Å². The molecule has 0 radical (unpaired) electrons. The van der Waals surface area contributed by atoms with Gasteiger partial charge in [-0.15, -0.1) is 0 Å². The van der Waals surface area contributed by atoms with Gasteiger partial charge in [-0.1, -0.05) is 0 Å². The highest BCUT2D eigenvalue weighted by Gasteiger charge is 2.21. The van der Waals surface area contributed by atoms with Gasteiger partial charge in [-0.3, -0.25) is 14.7 Å². The Bertz CT molecular complexity index is 417. The molecule has 0 aliphatic carbocycles. The maximum atomic E-state index is 10.7. The van der Waals surface area contributed by atoms with Gasteiger partial charge in [-0.2, -0.15) is 0 Å². The van der Waals surface area contributed by atoms with Crippen LogP contribution in [0.15, 0.2) is 22.9 Å². The zero-order valence-electron chi connectivity index (χ0n) is 10.2. The van der Waals surface area contributed by atoms with E-state index in [4.69, 9.17) is 5.11 Å². The third kappa shape index (κ3) is 4.07. The van der Waals surface area contributed by atoms with Crippen LogP contribution in [0.5, 0.6) is 0 Å². The van der Waals surface area contributed by atoms with Gasteiger partial charge < -0.3 is 5.11 Å². The van der Waals surface area contributed by atoms with Crippen LogP contribution in [-0.4, -0.2) is 34.0 Å². The molecular weight excluding hydrogens is 296 g/mol. The molecule has 0 atom stereocenters. The summed E-state index contributed by atoms with van der Waals surface area (Å²) in [6.45, 7) is 2.85. The minimum Gasteiger partial charge on any atom is -0.481 e. The summed E-state index contributed by atoms with van der Waals surface area (Å²) < 4.78 is 1.00. The lowest BCUT2D eigenvalue weighted by molar-refractivity contribution is -0.138. The summed E-state index contributed by atoms with van der Waals surface area (Å²) >= 11 is 3.42. The Labute approximate surface area is 115 Å². The number of hydrogen-bond acceptors (Lipinski definition) is 3. The lowest BCUT2D eigenvalue weighted by Gasteiger charge is -2.31. The Balaban J connectivity index is 1.81. The second-order valence-corrected chi connectivity index (χ2v) is 5.74. The van der Waals surface area contributed by atoms with E-state index in [-0.39, 0.29) is 0 Å². The van der Waals surface area contributed by atoms with Crippen LogP contribution in [0.4, 0.5) is 0 Å². The van der Waals surface area contributed by atoms with Crippen molar-refractivity contribution in [3.63, 3.8) is 0 Å². The summed E-state index contributed by atoms with van der Waals surface area (Å²) in [5, 5.41) is 8.77. The highest BCUT2D eigenvalue weighted by atomic mass is 79.9. The molecule has 1 aliphatic rings. The average molecular weight is 313 g/mol. The summed E-state index contributed by atoms with van der Waals surface area (Å²) in [4.78, 5) is 17.2. The molecule has 0 unspecified atom stereocenters. The number of carbonyl (C=O) groups is 1. The Kier molecular flexibility index (Phi) is 4.72. The number of likely N-dealkylation sites (tertiary alicyclic amines) is 1. The van der Waals surface area contributed by atoms with Crippen molar-refractivity contribution in [2.24, 2.45) is 5.92 Å². The van der Waals surface area contributed by atoms with E-state index < -0.39 is 5.97 Å². The standard InChI is InChI=1S/C13H17BrN2O2/c14-12-5-11(7-15-8-12)9-16-3-1-10(2-4-16)6-13(17)18/h5,7-8,10H,1-4,6,9H2,(H,17,18). The van der Waals surface area contributed by atoms with Gasteiger partial charge in [0.25, 0.3) is 0 Å². The number of halogens is 1. The molecule has 1 fully saturated rings. The Morgan fingerprint density at radius 1 is 1.44 bits per heavy atom. The van der Waals surface area contributed by atoms with Gasteiger partial charge in [0.1, 0.15) is 0 Å². The van der Waals surface area contributed by atoms with Crippen LogP contribution in [0.25, 0.3) is 0 Å². The van der Waals surface area contributed by atoms with Crippen LogP contribution in [-0.2, 0) is 11.3 Å². The fraction of sp³-hybridized carbons (Fsp3) is 0.538. The fourth-order valence-electron chi connectivity index (χ4n) is 2.40. The van der Waals surface area contributed by atoms with Gasteiger partial charge in [0, 0.05) is 29.8 Å². The fourth-order valence-corrected chi connectivity index (χ4v) is 2.81. The molecule has 1 aromatic rings. The molecule has 1 aromatic heterocycles. The lowest BCUT2D eigenvalue weighted by atomic mass is 9.93.